The van der Waals surface area contributed by atoms with E-state index < -0.39 is 11.7 Å². The summed E-state index contributed by atoms with van der Waals surface area (Å²) >= 11 is 0. The molecule has 0 saturated carbocycles. The van der Waals surface area contributed by atoms with Gasteiger partial charge in [0, 0.05) is 19.0 Å². The van der Waals surface area contributed by atoms with Crippen LogP contribution in [0.15, 0.2) is 18.2 Å². The number of hydrogen-bond acceptors (Lipinski definition) is 2. The van der Waals surface area contributed by atoms with Crippen LogP contribution in [-0.4, -0.2) is 18.3 Å². The Kier molecular flexibility index (Phi) is 2.90. The highest BCUT2D eigenvalue weighted by Crippen LogP contribution is 2.33. The van der Waals surface area contributed by atoms with Crippen LogP contribution in [0.3, 0.4) is 0 Å². The highest BCUT2D eigenvalue weighted by atomic mass is 19.4. The van der Waals surface area contributed by atoms with Crippen molar-refractivity contribution in [2.75, 3.05) is 13.2 Å². The molecule has 0 spiro atoms. The third-order valence-corrected chi connectivity index (χ3v) is 2.84. The van der Waals surface area contributed by atoms with Crippen molar-refractivity contribution in [1.29, 1.82) is 0 Å². The molecule has 5 heteroatoms. The normalized spacial score (nSPS) is 20.6. The number of fused-ring (bicyclic) bond motifs is 1. The van der Waals surface area contributed by atoms with E-state index in [1.165, 1.54) is 6.07 Å². The topological polar surface area (TPSA) is 32.3 Å². The lowest BCUT2D eigenvalue weighted by Gasteiger charge is -2.25. The largest absolute Gasteiger partial charge is 0.416 e. The summed E-state index contributed by atoms with van der Waals surface area (Å²) in [5.41, 5.74) is 0.806. The molecule has 1 aliphatic rings. The highest BCUT2D eigenvalue weighted by Gasteiger charge is 2.32. The van der Waals surface area contributed by atoms with Crippen LogP contribution in [0, 0.1) is 0 Å². The summed E-state index contributed by atoms with van der Waals surface area (Å²) in [4.78, 5) is 0. The van der Waals surface area contributed by atoms with Crippen LogP contribution in [0.1, 0.15) is 22.6 Å². The molecular weight excluding hydrogens is 219 g/mol. The zero-order chi connectivity index (χ0) is 11.8. The Morgan fingerprint density at radius 2 is 2.12 bits per heavy atom. The van der Waals surface area contributed by atoms with Gasteiger partial charge in [0.05, 0.1) is 12.2 Å². The fraction of sp³-hybridized carbons (Fsp3) is 0.455. The van der Waals surface area contributed by atoms with Crippen LogP contribution in [0.4, 0.5) is 13.2 Å². The van der Waals surface area contributed by atoms with E-state index in [0.29, 0.717) is 18.7 Å². The van der Waals surface area contributed by atoms with Gasteiger partial charge in [0.25, 0.3) is 0 Å². The van der Waals surface area contributed by atoms with E-state index in [-0.39, 0.29) is 12.5 Å². The quantitative estimate of drug-likeness (QED) is 0.773. The first-order valence-corrected chi connectivity index (χ1v) is 5.04. The van der Waals surface area contributed by atoms with Crippen LogP contribution in [0.2, 0.25) is 0 Å². The van der Waals surface area contributed by atoms with Crippen molar-refractivity contribution < 1.29 is 18.3 Å². The molecule has 88 valence electrons. The number of benzene rings is 1. The standard InChI is InChI=1S/C11H12F3NO/c12-11(13,14)9-1-2-10-7(3-9)4-15-5-8(10)6-16/h1-3,8,15-16H,4-6H2. The van der Waals surface area contributed by atoms with Crippen LogP contribution in [0.5, 0.6) is 0 Å². The van der Waals surface area contributed by atoms with E-state index in [0.717, 1.165) is 17.7 Å². The van der Waals surface area contributed by atoms with Crippen molar-refractivity contribution in [3.05, 3.63) is 34.9 Å². The van der Waals surface area contributed by atoms with Gasteiger partial charge in [-0.15, -0.1) is 0 Å². The lowest BCUT2D eigenvalue weighted by atomic mass is 9.90. The summed E-state index contributed by atoms with van der Waals surface area (Å²) in [7, 11) is 0. The van der Waals surface area contributed by atoms with E-state index >= 15 is 0 Å². The van der Waals surface area contributed by atoms with E-state index in [9.17, 15) is 13.2 Å². The fourth-order valence-electron chi connectivity index (χ4n) is 1.99. The summed E-state index contributed by atoms with van der Waals surface area (Å²) < 4.78 is 37.4. The fourth-order valence-corrected chi connectivity index (χ4v) is 1.99. The molecule has 2 nitrogen and oxygen atoms in total. The molecule has 0 radical (unpaired) electrons. The summed E-state index contributed by atoms with van der Waals surface area (Å²) in [6.45, 7) is 0.982. The highest BCUT2D eigenvalue weighted by molar-refractivity contribution is 5.37. The van der Waals surface area contributed by atoms with Gasteiger partial charge >= 0.3 is 6.18 Å². The van der Waals surface area contributed by atoms with E-state index in [1.807, 2.05) is 0 Å². The van der Waals surface area contributed by atoms with Gasteiger partial charge in [0.2, 0.25) is 0 Å². The summed E-state index contributed by atoms with van der Waals surface area (Å²) in [5.74, 6) is -0.106. The summed E-state index contributed by atoms with van der Waals surface area (Å²) in [5, 5.41) is 12.1. The molecule has 2 N–H and O–H groups in total. The zero-order valence-corrected chi connectivity index (χ0v) is 8.51. The molecule has 1 unspecified atom stereocenters. The maximum Gasteiger partial charge on any atom is 0.416 e. The average molecular weight is 231 g/mol. The van der Waals surface area contributed by atoms with Crippen LogP contribution >= 0.6 is 0 Å². The first-order valence-electron chi connectivity index (χ1n) is 5.04. The molecule has 0 fully saturated rings. The van der Waals surface area contributed by atoms with Crippen LogP contribution in [-0.2, 0) is 12.7 Å². The molecule has 1 aromatic carbocycles. The Morgan fingerprint density at radius 3 is 2.75 bits per heavy atom. The maximum absolute atomic E-state index is 12.5. The summed E-state index contributed by atoms with van der Waals surface area (Å²) in [6, 6.07) is 3.71. The maximum atomic E-state index is 12.5. The summed E-state index contributed by atoms with van der Waals surface area (Å²) in [6.07, 6.45) is -4.30. The number of aliphatic hydroxyl groups is 1. The first-order chi connectivity index (χ1) is 7.52. The third kappa shape index (κ3) is 2.05. The minimum absolute atomic E-state index is 0.0502. The molecule has 0 saturated heterocycles. The molecule has 0 aromatic heterocycles. The third-order valence-electron chi connectivity index (χ3n) is 2.84. The van der Waals surface area contributed by atoms with E-state index in [2.05, 4.69) is 5.32 Å². The Balaban J connectivity index is 2.39. The van der Waals surface area contributed by atoms with Gasteiger partial charge in [0.15, 0.2) is 0 Å². The Morgan fingerprint density at radius 1 is 1.38 bits per heavy atom. The molecule has 2 rings (SSSR count). The van der Waals surface area contributed by atoms with Crippen molar-refractivity contribution in [2.45, 2.75) is 18.6 Å². The van der Waals surface area contributed by atoms with Crippen molar-refractivity contribution in [2.24, 2.45) is 0 Å². The van der Waals surface area contributed by atoms with Gasteiger partial charge in [-0.25, -0.2) is 0 Å². The van der Waals surface area contributed by atoms with Crippen molar-refractivity contribution in [3.63, 3.8) is 0 Å². The lowest BCUT2D eigenvalue weighted by Crippen LogP contribution is -2.30. The lowest BCUT2D eigenvalue weighted by molar-refractivity contribution is -0.137. The Hall–Kier alpha value is -1.07. The van der Waals surface area contributed by atoms with Gasteiger partial charge in [0.1, 0.15) is 0 Å². The zero-order valence-electron chi connectivity index (χ0n) is 8.51. The average Bonchev–Trinajstić information content (AvgIpc) is 2.26. The first kappa shape index (κ1) is 11.4. The van der Waals surface area contributed by atoms with Crippen molar-refractivity contribution in [1.82, 2.24) is 5.32 Å². The molecular formula is C11H12F3NO. The van der Waals surface area contributed by atoms with Gasteiger partial charge in [-0.2, -0.15) is 13.2 Å². The molecule has 0 aliphatic carbocycles. The van der Waals surface area contributed by atoms with Crippen molar-refractivity contribution in [3.8, 4) is 0 Å². The molecule has 16 heavy (non-hydrogen) atoms. The molecule has 1 aromatic rings. The number of halogens is 3. The second kappa shape index (κ2) is 4.07. The number of rotatable bonds is 1. The Labute approximate surface area is 91.1 Å². The molecule has 1 atom stereocenters. The predicted molar refractivity (Wildman–Crippen MR) is 53.0 cm³/mol. The molecule has 1 heterocycles. The smallest absolute Gasteiger partial charge is 0.396 e. The second-order valence-corrected chi connectivity index (χ2v) is 3.92. The monoisotopic (exact) mass is 231 g/mol. The second-order valence-electron chi connectivity index (χ2n) is 3.92. The minimum atomic E-state index is -4.30. The number of nitrogens with one attached hydrogen (secondary N) is 1. The van der Waals surface area contributed by atoms with E-state index in [4.69, 9.17) is 5.11 Å². The van der Waals surface area contributed by atoms with Gasteiger partial charge in [-0.1, -0.05) is 6.07 Å². The number of alkyl halides is 3. The van der Waals surface area contributed by atoms with Crippen molar-refractivity contribution >= 4 is 0 Å². The number of hydrogen-bond donors (Lipinski definition) is 2. The predicted octanol–water partition coefficient (Wildman–Crippen LogP) is 1.88. The van der Waals surface area contributed by atoms with Gasteiger partial charge in [-0.3, -0.25) is 0 Å². The van der Waals surface area contributed by atoms with Crippen LogP contribution < -0.4 is 5.32 Å². The number of aliphatic hydroxyl groups excluding tert-OH is 1. The molecule has 1 aliphatic heterocycles. The van der Waals surface area contributed by atoms with Crippen LogP contribution in [0.25, 0.3) is 0 Å². The molecule has 0 amide bonds. The molecule has 0 bridgehead atoms. The van der Waals surface area contributed by atoms with Gasteiger partial charge in [-0.05, 0) is 23.3 Å². The SMILES string of the molecule is OCC1CNCc2cc(C(F)(F)F)ccc21. The minimum Gasteiger partial charge on any atom is -0.396 e. The Bertz CT molecular complexity index is 389. The van der Waals surface area contributed by atoms with Gasteiger partial charge < -0.3 is 10.4 Å². The van der Waals surface area contributed by atoms with E-state index in [1.54, 1.807) is 0 Å².